The number of amides is 1. The summed E-state index contributed by atoms with van der Waals surface area (Å²) < 4.78 is 1.90. The molecule has 0 radical (unpaired) electrons. The van der Waals surface area contributed by atoms with E-state index in [9.17, 15) is 9.90 Å². The number of hydrogen-bond acceptors (Lipinski definition) is 3. The smallest absolute Gasteiger partial charge is 0.226 e. The SMILES string of the molecule is O=C(Cc1cn2ccccc2n1)NCC1(O)CCCCCC1. The van der Waals surface area contributed by atoms with Crippen molar-refractivity contribution in [2.75, 3.05) is 6.54 Å². The molecule has 118 valence electrons. The fourth-order valence-corrected chi connectivity index (χ4v) is 3.13. The highest BCUT2D eigenvalue weighted by Crippen LogP contribution is 2.26. The maximum absolute atomic E-state index is 12.1. The number of pyridine rings is 1. The highest BCUT2D eigenvalue weighted by atomic mass is 16.3. The zero-order valence-corrected chi connectivity index (χ0v) is 12.8. The van der Waals surface area contributed by atoms with Crippen LogP contribution in [0.5, 0.6) is 0 Å². The molecule has 0 aromatic carbocycles. The zero-order valence-electron chi connectivity index (χ0n) is 12.8. The molecule has 2 aromatic rings. The predicted molar refractivity (Wildman–Crippen MR) is 84.6 cm³/mol. The molecular weight excluding hydrogens is 278 g/mol. The van der Waals surface area contributed by atoms with Crippen molar-refractivity contribution in [3.63, 3.8) is 0 Å². The van der Waals surface area contributed by atoms with Crippen LogP contribution in [0.1, 0.15) is 44.2 Å². The predicted octanol–water partition coefficient (Wildman–Crippen LogP) is 2.08. The number of nitrogens with zero attached hydrogens (tertiary/aromatic N) is 2. The maximum atomic E-state index is 12.1. The Balaban J connectivity index is 1.55. The average Bonchev–Trinajstić information content (AvgIpc) is 2.78. The number of aliphatic hydroxyl groups is 1. The molecule has 5 heteroatoms. The van der Waals surface area contributed by atoms with Gasteiger partial charge in [0.05, 0.1) is 17.7 Å². The zero-order chi connectivity index (χ0) is 15.4. The summed E-state index contributed by atoms with van der Waals surface area (Å²) in [5.74, 6) is -0.0823. The van der Waals surface area contributed by atoms with Crippen LogP contribution in [0.15, 0.2) is 30.6 Å². The molecule has 1 amide bonds. The van der Waals surface area contributed by atoms with E-state index in [1.54, 1.807) is 0 Å². The average molecular weight is 301 g/mol. The molecule has 1 saturated carbocycles. The van der Waals surface area contributed by atoms with E-state index < -0.39 is 5.60 Å². The van der Waals surface area contributed by atoms with Gasteiger partial charge < -0.3 is 14.8 Å². The lowest BCUT2D eigenvalue weighted by molar-refractivity contribution is -0.121. The molecule has 0 bridgehead atoms. The van der Waals surface area contributed by atoms with Crippen molar-refractivity contribution in [1.82, 2.24) is 14.7 Å². The molecule has 0 atom stereocenters. The van der Waals surface area contributed by atoms with Gasteiger partial charge in [-0.1, -0.05) is 31.7 Å². The molecule has 0 spiro atoms. The topological polar surface area (TPSA) is 66.6 Å². The highest BCUT2D eigenvalue weighted by molar-refractivity contribution is 5.78. The minimum Gasteiger partial charge on any atom is -0.388 e. The van der Waals surface area contributed by atoms with E-state index in [2.05, 4.69) is 10.3 Å². The number of hydrogen-bond donors (Lipinski definition) is 2. The molecule has 0 aliphatic heterocycles. The van der Waals surface area contributed by atoms with E-state index in [0.717, 1.165) is 37.0 Å². The molecular formula is C17H23N3O2. The highest BCUT2D eigenvalue weighted by Gasteiger charge is 2.28. The van der Waals surface area contributed by atoms with Gasteiger partial charge in [0.25, 0.3) is 0 Å². The monoisotopic (exact) mass is 301 g/mol. The fourth-order valence-electron chi connectivity index (χ4n) is 3.13. The molecule has 1 aliphatic carbocycles. The summed E-state index contributed by atoms with van der Waals surface area (Å²) in [5.41, 5.74) is 0.856. The van der Waals surface area contributed by atoms with Crippen molar-refractivity contribution in [2.45, 2.75) is 50.5 Å². The number of imidazole rings is 1. The molecule has 2 heterocycles. The second kappa shape index (κ2) is 6.48. The Morgan fingerprint density at radius 1 is 1.27 bits per heavy atom. The Morgan fingerprint density at radius 3 is 2.77 bits per heavy atom. The fraction of sp³-hybridized carbons (Fsp3) is 0.529. The molecule has 2 aromatic heterocycles. The lowest BCUT2D eigenvalue weighted by atomic mass is 9.94. The summed E-state index contributed by atoms with van der Waals surface area (Å²) in [6, 6.07) is 5.77. The van der Waals surface area contributed by atoms with E-state index in [0.29, 0.717) is 6.54 Å². The molecule has 0 saturated heterocycles. The Morgan fingerprint density at radius 2 is 2.05 bits per heavy atom. The number of carbonyl (C=O) groups is 1. The minimum atomic E-state index is -0.731. The molecule has 5 nitrogen and oxygen atoms in total. The van der Waals surface area contributed by atoms with E-state index >= 15 is 0 Å². The van der Waals surface area contributed by atoms with Gasteiger partial charge >= 0.3 is 0 Å². The largest absolute Gasteiger partial charge is 0.388 e. The second-order valence-electron chi connectivity index (χ2n) is 6.29. The lowest BCUT2D eigenvalue weighted by Crippen LogP contribution is -2.43. The third kappa shape index (κ3) is 3.65. The van der Waals surface area contributed by atoms with Crippen molar-refractivity contribution in [3.05, 3.63) is 36.3 Å². The van der Waals surface area contributed by atoms with Crippen molar-refractivity contribution in [3.8, 4) is 0 Å². The maximum Gasteiger partial charge on any atom is 0.226 e. The number of rotatable bonds is 4. The summed E-state index contributed by atoms with van der Waals surface area (Å²) >= 11 is 0. The van der Waals surface area contributed by atoms with Crippen LogP contribution >= 0.6 is 0 Å². The third-order valence-electron chi connectivity index (χ3n) is 4.40. The van der Waals surface area contributed by atoms with Crippen molar-refractivity contribution in [1.29, 1.82) is 0 Å². The standard InChI is InChI=1S/C17H23N3O2/c21-16(18-13-17(22)8-4-1-2-5-9-17)11-14-12-20-10-6-3-7-15(20)19-14/h3,6-7,10,12,22H,1-2,4-5,8-9,11,13H2,(H,18,21). The van der Waals surface area contributed by atoms with Gasteiger partial charge in [-0.25, -0.2) is 4.98 Å². The van der Waals surface area contributed by atoms with E-state index in [1.165, 1.54) is 12.8 Å². The van der Waals surface area contributed by atoms with E-state index in [1.807, 2.05) is 35.0 Å². The summed E-state index contributed by atoms with van der Waals surface area (Å²) in [4.78, 5) is 16.5. The quantitative estimate of drug-likeness (QED) is 0.850. The molecule has 2 N–H and O–H groups in total. The Hall–Kier alpha value is -1.88. The van der Waals surface area contributed by atoms with Gasteiger partial charge in [0.15, 0.2) is 0 Å². The number of aromatic nitrogens is 2. The van der Waals surface area contributed by atoms with Crippen LogP contribution in [0.4, 0.5) is 0 Å². The van der Waals surface area contributed by atoms with Crippen molar-refractivity contribution in [2.24, 2.45) is 0 Å². The molecule has 22 heavy (non-hydrogen) atoms. The first-order valence-electron chi connectivity index (χ1n) is 8.06. The minimum absolute atomic E-state index is 0.0823. The molecule has 3 rings (SSSR count). The molecule has 0 unspecified atom stereocenters. The van der Waals surface area contributed by atoms with E-state index in [4.69, 9.17) is 0 Å². The third-order valence-corrected chi connectivity index (χ3v) is 4.40. The summed E-state index contributed by atoms with van der Waals surface area (Å²) in [7, 11) is 0. The van der Waals surface area contributed by atoms with Gasteiger partial charge in [0, 0.05) is 18.9 Å². The van der Waals surface area contributed by atoms with Crippen LogP contribution in [0.25, 0.3) is 5.65 Å². The molecule has 1 fully saturated rings. The number of nitrogens with one attached hydrogen (secondary N) is 1. The summed E-state index contributed by atoms with van der Waals surface area (Å²) in [6.07, 6.45) is 10.0. The van der Waals surface area contributed by atoms with Gasteiger partial charge in [-0.05, 0) is 25.0 Å². The van der Waals surface area contributed by atoms with Crippen LogP contribution in [-0.2, 0) is 11.2 Å². The first-order valence-corrected chi connectivity index (χ1v) is 8.06. The summed E-state index contributed by atoms with van der Waals surface area (Å²) in [6.45, 7) is 0.346. The van der Waals surface area contributed by atoms with Gasteiger partial charge in [-0.2, -0.15) is 0 Å². The van der Waals surface area contributed by atoms with Crippen LogP contribution in [0.2, 0.25) is 0 Å². The number of carbonyl (C=O) groups excluding carboxylic acids is 1. The number of fused-ring (bicyclic) bond motifs is 1. The van der Waals surface area contributed by atoms with Gasteiger partial charge in [0.2, 0.25) is 5.91 Å². The first-order chi connectivity index (χ1) is 10.6. The Labute approximate surface area is 130 Å². The van der Waals surface area contributed by atoms with Gasteiger partial charge in [-0.3, -0.25) is 4.79 Å². The van der Waals surface area contributed by atoms with Gasteiger partial charge in [-0.15, -0.1) is 0 Å². The summed E-state index contributed by atoms with van der Waals surface area (Å²) in [5, 5.41) is 13.4. The Bertz CT molecular complexity index is 609. The van der Waals surface area contributed by atoms with Gasteiger partial charge in [0.1, 0.15) is 5.65 Å². The Kier molecular flexibility index (Phi) is 4.43. The van der Waals surface area contributed by atoms with Crippen LogP contribution in [0, 0.1) is 0 Å². The van der Waals surface area contributed by atoms with Crippen molar-refractivity contribution >= 4 is 11.6 Å². The first kappa shape index (κ1) is 15.0. The lowest BCUT2D eigenvalue weighted by Gasteiger charge is -2.26. The van der Waals surface area contributed by atoms with Crippen LogP contribution < -0.4 is 5.32 Å². The molecule has 1 aliphatic rings. The van der Waals surface area contributed by atoms with E-state index in [-0.39, 0.29) is 12.3 Å². The second-order valence-corrected chi connectivity index (χ2v) is 6.29. The normalized spacial score (nSPS) is 18.0. The van der Waals surface area contributed by atoms with Crippen LogP contribution in [-0.4, -0.2) is 32.5 Å². The van der Waals surface area contributed by atoms with Crippen molar-refractivity contribution < 1.29 is 9.90 Å². The van der Waals surface area contributed by atoms with Crippen LogP contribution in [0.3, 0.4) is 0 Å².